The van der Waals surface area contributed by atoms with E-state index in [1.807, 2.05) is 0 Å². The van der Waals surface area contributed by atoms with Crippen LogP contribution in [0.3, 0.4) is 0 Å². The second-order valence-corrected chi connectivity index (χ2v) is 18.4. The molecule has 11 nitrogen and oxygen atoms in total. The first-order valence-electron chi connectivity index (χ1n) is 25.3. The summed E-state index contributed by atoms with van der Waals surface area (Å²) in [5.41, 5.74) is 5.35. The Labute approximate surface area is 389 Å². The van der Waals surface area contributed by atoms with Gasteiger partial charge in [0, 0.05) is 12.8 Å². The van der Waals surface area contributed by atoms with Crippen molar-refractivity contribution < 1.29 is 47.5 Å². The highest BCUT2D eigenvalue weighted by Gasteiger charge is 2.28. The molecule has 0 aromatic carbocycles. The van der Waals surface area contributed by atoms with Crippen LogP contribution >= 0.6 is 7.82 Å². The number of hydrogen-bond donors (Lipinski definition) is 3. The third-order valence-corrected chi connectivity index (χ3v) is 11.7. The van der Waals surface area contributed by atoms with Crippen LogP contribution in [0.15, 0.2) is 60.8 Å². The molecular weight excluding hydrogens is 830 g/mol. The van der Waals surface area contributed by atoms with Gasteiger partial charge >= 0.3 is 25.7 Å². The fourth-order valence-corrected chi connectivity index (χ4v) is 7.55. The number of nitrogens with two attached hydrogens (primary N) is 1. The molecule has 0 heterocycles. The minimum absolute atomic E-state index is 0.105. The smallest absolute Gasteiger partial charge is 0.472 e. The van der Waals surface area contributed by atoms with Crippen LogP contribution in [0.25, 0.3) is 0 Å². The molecule has 0 aromatic heterocycles. The van der Waals surface area contributed by atoms with Crippen LogP contribution in [-0.4, -0.2) is 59.9 Å². The number of unbranched alkanes of at least 4 members (excludes halogenated alkanes) is 23. The van der Waals surface area contributed by atoms with Crippen molar-refractivity contribution >= 4 is 25.7 Å². The zero-order valence-electron chi connectivity index (χ0n) is 40.4. The quantitative estimate of drug-likeness (QED) is 0.0230. The third kappa shape index (κ3) is 45.7. The maximum atomic E-state index is 12.7. The maximum Gasteiger partial charge on any atom is 0.472 e. The second-order valence-electron chi connectivity index (χ2n) is 16.9. The van der Waals surface area contributed by atoms with Gasteiger partial charge in [-0.3, -0.25) is 23.4 Å². The molecule has 1 unspecified atom stereocenters. The van der Waals surface area contributed by atoms with Gasteiger partial charge in [0.1, 0.15) is 12.6 Å². The molecule has 0 radical (unpaired) electrons. The molecule has 0 spiro atoms. The van der Waals surface area contributed by atoms with E-state index in [1.165, 1.54) is 116 Å². The average Bonchev–Trinajstić information content (AvgIpc) is 3.27. The molecule has 0 aliphatic carbocycles. The van der Waals surface area contributed by atoms with Crippen molar-refractivity contribution in [2.45, 2.75) is 231 Å². The minimum atomic E-state index is -4.74. The van der Waals surface area contributed by atoms with E-state index in [-0.39, 0.29) is 19.4 Å². The van der Waals surface area contributed by atoms with Crippen LogP contribution in [0, 0.1) is 0 Å². The molecule has 0 aliphatic rings. The monoisotopic (exact) mass is 922 g/mol. The topological polar surface area (TPSA) is 172 Å². The molecule has 0 aliphatic heterocycles. The Morgan fingerprint density at radius 2 is 0.875 bits per heavy atom. The Hall–Kier alpha value is -2.82. The molecule has 3 atom stereocenters. The number of rotatable bonds is 47. The fourth-order valence-electron chi connectivity index (χ4n) is 6.77. The van der Waals surface area contributed by atoms with Gasteiger partial charge in [-0.25, -0.2) is 4.57 Å². The van der Waals surface area contributed by atoms with E-state index < -0.39 is 51.1 Å². The predicted molar refractivity (Wildman–Crippen MR) is 263 cm³/mol. The van der Waals surface area contributed by atoms with E-state index in [1.54, 1.807) is 0 Å². The van der Waals surface area contributed by atoms with Gasteiger partial charge in [0.05, 0.1) is 13.2 Å². The number of esters is 2. The summed E-state index contributed by atoms with van der Waals surface area (Å²) in [6.07, 6.45) is 55.9. The number of phosphoric ester groups is 1. The summed E-state index contributed by atoms with van der Waals surface area (Å²) in [4.78, 5) is 46.1. The molecule has 0 aromatic rings. The largest absolute Gasteiger partial charge is 0.480 e. The first kappa shape index (κ1) is 61.2. The summed E-state index contributed by atoms with van der Waals surface area (Å²) in [5.74, 6) is -2.46. The van der Waals surface area contributed by atoms with Gasteiger partial charge in [0.25, 0.3) is 0 Å². The summed E-state index contributed by atoms with van der Waals surface area (Å²) >= 11 is 0. The summed E-state index contributed by atoms with van der Waals surface area (Å²) in [7, 11) is -4.74. The molecule has 4 N–H and O–H groups in total. The highest BCUT2D eigenvalue weighted by Crippen LogP contribution is 2.43. The first-order valence-corrected chi connectivity index (χ1v) is 26.8. The van der Waals surface area contributed by atoms with E-state index in [4.69, 9.17) is 24.8 Å². The van der Waals surface area contributed by atoms with Crippen LogP contribution < -0.4 is 5.73 Å². The molecular formula is C52H92NO10P. The zero-order valence-corrected chi connectivity index (χ0v) is 41.3. The number of aliphatic carboxylic acids is 1. The highest BCUT2D eigenvalue weighted by molar-refractivity contribution is 7.47. The number of phosphoric acid groups is 1. The van der Waals surface area contributed by atoms with Gasteiger partial charge in [0.15, 0.2) is 6.10 Å². The Bertz CT molecular complexity index is 1310. The van der Waals surface area contributed by atoms with Crippen molar-refractivity contribution in [3.8, 4) is 0 Å². The second kappa shape index (κ2) is 46.7. The number of ether oxygens (including phenoxy) is 2. The molecule has 12 heteroatoms. The van der Waals surface area contributed by atoms with Crippen molar-refractivity contribution in [1.29, 1.82) is 0 Å². The van der Waals surface area contributed by atoms with E-state index in [2.05, 4.69) is 79.1 Å². The summed E-state index contributed by atoms with van der Waals surface area (Å²) in [6, 6.07) is -1.53. The Balaban J connectivity index is 4.31. The SMILES string of the molecule is CCC/C=C/C/C=C/C/C=C/C/C=C/CCCCCC(=O)OC[C@@H](COP(=O)(O)OC[C@H](N)C(=O)O)OC(=O)CCC/C=C/CCCCCCCCCCCCCCCCCCCC. The van der Waals surface area contributed by atoms with Crippen molar-refractivity contribution in [2.75, 3.05) is 19.8 Å². The Morgan fingerprint density at radius 1 is 0.484 bits per heavy atom. The lowest BCUT2D eigenvalue weighted by Gasteiger charge is -2.20. The molecule has 0 fully saturated rings. The number of allylic oxidation sites excluding steroid dienone is 10. The minimum Gasteiger partial charge on any atom is -0.480 e. The summed E-state index contributed by atoms with van der Waals surface area (Å²) in [5, 5.41) is 8.92. The molecule has 370 valence electrons. The van der Waals surface area contributed by atoms with Gasteiger partial charge in [0.2, 0.25) is 0 Å². The first-order chi connectivity index (χ1) is 31.1. The van der Waals surface area contributed by atoms with E-state index in [0.717, 1.165) is 57.8 Å². The van der Waals surface area contributed by atoms with Crippen LogP contribution in [0.4, 0.5) is 0 Å². The van der Waals surface area contributed by atoms with Gasteiger partial charge < -0.3 is 25.2 Å². The Morgan fingerprint density at radius 3 is 1.36 bits per heavy atom. The van der Waals surface area contributed by atoms with Crippen molar-refractivity contribution in [3.05, 3.63) is 60.8 Å². The molecule has 0 rings (SSSR count). The fraction of sp³-hybridized carbons (Fsp3) is 0.750. The molecule has 0 saturated carbocycles. The van der Waals surface area contributed by atoms with Gasteiger partial charge in [-0.05, 0) is 70.6 Å². The Kier molecular flexibility index (Phi) is 44.6. The molecule has 0 amide bonds. The van der Waals surface area contributed by atoms with Crippen molar-refractivity contribution in [1.82, 2.24) is 0 Å². The normalized spacial score (nSPS) is 14.1. The molecule has 0 bridgehead atoms. The number of hydrogen-bond acceptors (Lipinski definition) is 9. The van der Waals surface area contributed by atoms with E-state index >= 15 is 0 Å². The van der Waals surface area contributed by atoms with Gasteiger partial charge in [-0.2, -0.15) is 0 Å². The highest BCUT2D eigenvalue weighted by atomic mass is 31.2. The number of carboxylic acids is 1. The van der Waals surface area contributed by atoms with E-state index in [0.29, 0.717) is 19.3 Å². The van der Waals surface area contributed by atoms with Crippen LogP contribution in [0.1, 0.15) is 219 Å². The van der Waals surface area contributed by atoms with Crippen molar-refractivity contribution in [2.24, 2.45) is 5.73 Å². The lowest BCUT2D eigenvalue weighted by Crippen LogP contribution is -2.34. The van der Waals surface area contributed by atoms with Crippen LogP contribution in [0.5, 0.6) is 0 Å². The van der Waals surface area contributed by atoms with Crippen LogP contribution in [0.2, 0.25) is 0 Å². The average molecular weight is 922 g/mol. The molecule has 0 saturated heterocycles. The predicted octanol–water partition coefficient (Wildman–Crippen LogP) is 14.3. The molecule has 64 heavy (non-hydrogen) atoms. The lowest BCUT2D eigenvalue weighted by molar-refractivity contribution is -0.161. The summed E-state index contributed by atoms with van der Waals surface area (Å²) < 4.78 is 32.8. The zero-order chi connectivity index (χ0) is 47.0. The van der Waals surface area contributed by atoms with Gasteiger partial charge in [-0.1, -0.05) is 197 Å². The van der Waals surface area contributed by atoms with Crippen LogP contribution in [-0.2, 0) is 37.5 Å². The number of carboxylic acid groups (broad SMARTS) is 1. The van der Waals surface area contributed by atoms with E-state index in [9.17, 15) is 23.8 Å². The lowest BCUT2D eigenvalue weighted by atomic mass is 10.0. The number of carbonyl (C=O) groups excluding carboxylic acids is 2. The number of carbonyl (C=O) groups is 3. The van der Waals surface area contributed by atoms with Crippen molar-refractivity contribution in [3.63, 3.8) is 0 Å². The van der Waals surface area contributed by atoms with Gasteiger partial charge in [-0.15, -0.1) is 0 Å². The maximum absolute atomic E-state index is 12.7. The summed E-state index contributed by atoms with van der Waals surface area (Å²) in [6.45, 7) is 2.70. The standard InChI is InChI=1S/C52H92NO10P/c1-3-5-7-9-11-13-15-17-19-21-22-23-24-25-26-28-30-32-34-36-38-40-42-44-51(55)63-48(46-61-64(58,59)62-47-49(53)52(56)57)45-60-50(54)43-41-39-37-35-33-31-29-27-20-18-16-14-12-10-8-6-4-2/h8,10,14,16,20,27,31,33,36,38,48-49H,3-7,9,11-13,15,17-19,21-26,28-30,32,34-35,37,39-47,53H2,1-2H3,(H,56,57)(H,58,59)/b10-8+,16-14+,27-20+,33-31+,38-36+/t48-,49-/m0/s1. The third-order valence-electron chi connectivity index (χ3n) is 10.7.